The van der Waals surface area contributed by atoms with Crippen molar-refractivity contribution < 1.29 is 14.2 Å². The summed E-state index contributed by atoms with van der Waals surface area (Å²) in [4.78, 5) is 10.5. The van der Waals surface area contributed by atoms with Crippen LogP contribution in [0.25, 0.3) is 0 Å². The minimum absolute atomic E-state index is 0.0166. The van der Waals surface area contributed by atoms with Crippen molar-refractivity contribution in [2.75, 3.05) is 12.4 Å². The number of rotatable bonds is 5. The molecule has 0 fully saturated rings. The quantitative estimate of drug-likeness (QED) is 0.658. The summed E-state index contributed by atoms with van der Waals surface area (Å²) in [6.07, 6.45) is 0. The Kier molecular flexibility index (Phi) is 3.65. The van der Waals surface area contributed by atoms with Gasteiger partial charge in [-0.05, 0) is 13.0 Å². The summed E-state index contributed by atoms with van der Waals surface area (Å²) in [5, 5.41) is 17.6. The summed E-state index contributed by atoms with van der Waals surface area (Å²) >= 11 is 0. The minimum Gasteiger partial charge on any atom is -0.497 e. The molecule has 7 heteroatoms. The number of nitrogens with zero attached hydrogens (tertiary/aromatic N) is 2. The van der Waals surface area contributed by atoms with Crippen molar-refractivity contribution in [3.63, 3.8) is 0 Å². The Bertz CT molecular complexity index is 594. The van der Waals surface area contributed by atoms with E-state index in [0.717, 1.165) is 5.69 Å². The molecule has 0 unspecified atom stereocenters. The van der Waals surface area contributed by atoms with E-state index >= 15 is 0 Å². The molecule has 0 saturated carbocycles. The molecule has 1 heterocycles. The van der Waals surface area contributed by atoms with Gasteiger partial charge in [-0.3, -0.25) is 10.1 Å². The van der Waals surface area contributed by atoms with Gasteiger partial charge in [0.15, 0.2) is 5.76 Å². The molecule has 1 aromatic heterocycles. The highest BCUT2D eigenvalue weighted by molar-refractivity contribution is 5.64. The third-order valence-electron chi connectivity index (χ3n) is 2.53. The van der Waals surface area contributed by atoms with Crippen LogP contribution in [0.4, 0.5) is 11.4 Å². The summed E-state index contributed by atoms with van der Waals surface area (Å²) in [5.74, 6) is 1.15. The Labute approximate surface area is 109 Å². The van der Waals surface area contributed by atoms with Crippen LogP contribution in [0.2, 0.25) is 0 Å². The molecule has 0 aliphatic heterocycles. The third kappa shape index (κ3) is 3.01. The lowest BCUT2D eigenvalue weighted by atomic mass is 10.2. The lowest BCUT2D eigenvalue weighted by molar-refractivity contribution is -0.384. The monoisotopic (exact) mass is 263 g/mol. The van der Waals surface area contributed by atoms with Gasteiger partial charge in [0.1, 0.15) is 11.4 Å². The number of methoxy groups -OCH3 is 1. The number of nitro benzene ring substituents is 1. The number of aromatic nitrogens is 1. The zero-order chi connectivity index (χ0) is 13.8. The largest absolute Gasteiger partial charge is 0.497 e. The van der Waals surface area contributed by atoms with Gasteiger partial charge >= 0.3 is 0 Å². The van der Waals surface area contributed by atoms with Gasteiger partial charge in [0, 0.05) is 18.2 Å². The normalized spacial score (nSPS) is 10.2. The first-order valence-electron chi connectivity index (χ1n) is 5.58. The van der Waals surface area contributed by atoms with E-state index in [9.17, 15) is 10.1 Å². The average Bonchev–Trinajstić information content (AvgIpc) is 2.81. The molecule has 0 amide bonds. The highest BCUT2D eigenvalue weighted by Gasteiger charge is 2.14. The van der Waals surface area contributed by atoms with Crippen LogP contribution in [0, 0.1) is 17.0 Å². The van der Waals surface area contributed by atoms with Gasteiger partial charge in [0.2, 0.25) is 0 Å². The summed E-state index contributed by atoms with van der Waals surface area (Å²) < 4.78 is 10.1. The summed E-state index contributed by atoms with van der Waals surface area (Å²) in [5.41, 5.74) is 1.12. The molecule has 0 saturated heterocycles. The summed E-state index contributed by atoms with van der Waals surface area (Å²) in [6, 6.07) is 6.27. The van der Waals surface area contributed by atoms with Crippen molar-refractivity contribution in [2.45, 2.75) is 13.5 Å². The van der Waals surface area contributed by atoms with E-state index in [1.54, 1.807) is 25.1 Å². The number of anilines is 1. The van der Waals surface area contributed by atoms with E-state index in [2.05, 4.69) is 10.5 Å². The van der Waals surface area contributed by atoms with Gasteiger partial charge in [0.25, 0.3) is 5.69 Å². The van der Waals surface area contributed by atoms with Crippen LogP contribution >= 0.6 is 0 Å². The van der Waals surface area contributed by atoms with Crippen LogP contribution < -0.4 is 10.1 Å². The average molecular weight is 263 g/mol. The topological polar surface area (TPSA) is 90.4 Å². The molecule has 0 radical (unpaired) electrons. The fourth-order valence-corrected chi connectivity index (χ4v) is 1.62. The van der Waals surface area contributed by atoms with Gasteiger partial charge in [-0.25, -0.2) is 0 Å². The first-order chi connectivity index (χ1) is 9.10. The molecule has 0 spiro atoms. The van der Waals surface area contributed by atoms with Crippen molar-refractivity contribution >= 4 is 11.4 Å². The van der Waals surface area contributed by atoms with E-state index in [-0.39, 0.29) is 5.69 Å². The molecular weight excluding hydrogens is 250 g/mol. The van der Waals surface area contributed by atoms with E-state index in [1.807, 2.05) is 0 Å². The van der Waals surface area contributed by atoms with Gasteiger partial charge in [-0.2, -0.15) is 0 Å². The van der Waals surface area contributed by atoms with E-state index in [0.29, 0.717) is 23.7 Å². The lowest BCUT2D eigenvalue weighted by Crippen LogP contribution is -2.02. The van der Waals surface area contributed by atoms with Gasteiger partial charge in [-0.15, -0.1) is 0 Å². The molecule has 1 N–H and O–H groups in total. The number of hydrogen-bond donors (Lipinski definition) is 1. The predicted octanol–water partition coefficient (Wildman–Crippen LogP) is 2.51. The zero-order valence-corrected chi connectivity index (χ0v) is 10.5. The Hall–Kier alpha value is -2.57. The van der Waals surface area contributed by atoms with E-state index in [1.165, 1.54) is 13.2 Å². The first-order valence-corrected chi connectivity index (χ1v) is 5.58. The standard InChI is InChI=1S/C12H13N3O4/c1-8-5-10(19-14-8)7-13-11-6-9(18-2)3-4-12(11)15(16)17/h3-6,13H,7H2,1-2H3. The Balaban J connectivity index is 2.19. The molecule has 7 nitrogen and oxygen atoms in total. The number of benzene rings is 1. The van der Waals surface area contributed by atoms with E-state index in [4.69, 9.17) is 9.26 Å². The van der Waals surface area contributed by atoms with Crippen LogP contribution in [0.3, 0.4) is 0 Å². The van der Waals surface area contributed by atoms with Crippen LogP contribution in [0.15, 0.2) is 28.8 Å². The maximum Gasteiger partial charge on any atom is 0.292 e. The Morgan fingerprint density at radius 2 is 2.26 bits per heavy atom. The number of nitro groups is 1. The van der Waals surface area contributed by atoms with Gasteiger partial charge < -0.3 is 14.6 Å². The molecule has 2 rings (SSSR count). The van der Waals surface area contributed by atoms with Crippen LogP contribution in [0.1, 0.15) is 11.5 Å². The second-order valence-electron chi connectivity index (χ2n) is 3.93. The molecule has 100 valence electrons. The number of ether oxygens (including phenoxy) is 1. The summed E-state index contributed by atoms with van der Waals surface area (Å²) in [6.45, 7) is 2.12. The molecule has 0 bridgehead atoms. The first kappa shape index (κ1) is 12.9. The van der Waals surface area contributed by atoms with Crippen LogP contribution in [-0.4, -0.2) is 17.2 Å². The van der Waals surface area contributed by atoms with E-state index < -0.39 is 4.92 Å². The maximum atomic E-state index is 10.9. The second kappa shape index (κ2) is 5.38. The molecule has 19 heavy (non-hydrogen) atoms. The van der Waals surface area contributed by atoms with Crippen LogP contribution in [0.5, 0.6) is 5.75 Å². The van der Waals surface area contributed by atoms with Crippen LogP contribution in [-0.2, 0) is 6.54 Å². The van der Waals surface area contributed by atoms with Crippen molar-refractivity contribution in [1.29, 1.82) is 0 Å². The maximum absolute atomic E-state index is 10.9. The number of aryl methyl sites for hydroxylation is 1. The summed E-state index contributed by atoms with van der Waals surface area (Å²) in [7, 11) is 1.50. The van der Waals surface area contributed by atoms with Gasteiger partial charge in [0.05, 0.1) is 24.3 Å². The molecule has 2 aromatic rings. The third-order valence-corrected chi connectivity index (χ3v) is 2.53. The Morgan fingerprint density at radius 1 is 1.47 bits per heavy atom. The molecule has 0 aliphatic carbocycles. The highest BCUT2D eigenvalue weighted by atomic mass is 16.6. The molecule has 0 aliphatic rings. The van der Waals surface area contributed by atoms with Crippen molar-refractivity contribution in [2.24, 2.45) is 0 Å². The molecular formula is C12H13N3O4. The second-order valence-corrected chi connectivity index (χ2v) is 3.93. The Morgan fingerprint density at radius 3 is 2.84 bits per heavy atom. The molecule has 0 atom stereocenters. The molecule has 1 aromatic carbocycles. The fourth-order valence-electron chi connectivity index (χ4n) is 1.62. The van der Waals surface area contributed by atoms with Gasteiger partial charge in [-0.1, -0.05) is 5.16 Å². The SMILES string of the molecule is COc1ccc([N+](=O)[O-])c(NCc2cc(C)no2)c1. The highest BCUT2D eigenvalue weighted by Crippen LogP contribution is 2.29. The number of nitrogens with one attached hydrogen (secondary N) is 1. The van der Waals surface area contributed by atoms with Crippen molar-refractivity contribution in [1.82, 2.24) is 5.16 Å². The predicted molar refractivity (Wildman–Crippen MR) is 68.2 cm³/mol. The van der Waals surface area contributed by atoms with Crippen molar-refractivity contribution in [3.05, 3.63) is 45.8 Å². The fraction of sp³-hybridized carbons (Fsp3) is 0.250. The zero-order valence-electron chi connectivity index (χ0n) is 10.5. The van der Waals surface area contributed by atoms with Crippen molar-refractivity contribution in [3.8, 4) is 5.75 Å². The minimum atomic E-state index is -0.451. The lowest BCUT2D eigenvalue weighted by Gasteiger charge is -2.07. The number of hydrogen-bond acceptors (Lipinski definition) is 6. The smallest absolute Gasteiger partial charge is 0.292 e.